The highest BCUT2D eigenvalue weighted by molar-refractivity contribution is 5.86. The van der Waals surface area contributed by atoms with Gasteiger partial charge in [0.15, 0.2) is 0 Å². The van der Waals surface area contributed by atoms with Gasteiger partial charge in [-0.15, -0.1) is 0 Å². The van der Waals surface area contributed by atoms with Gasteiger partial charge < -0.3 is 5.32 Å². The smallest absolute Gasteiger partial charge is 0.144 e. The number of Topliss-reactive ketones (excluding diaryl/α,β-unsaturated/α-hetero) is 1. The number of carbonyl (C=O) groups excluding carboxylic acids is 1. The van der Waals surface area contributed by atoms with Gasteiger partial charge in [-0.1, -0.05) is 13.8 Å². The van der Waals surface area contributed by atoms with Crippen LogP contribution in [0.1, 0.15) is 45.0 Å². The molecule has 20 heavy (non-hydrogen) atoms. The second kappa shape index (κ2) is 6.08. The molecular formula is C16H27N3O. The highest BCUT2D eigenvalue weighted by Gasteiger charge is 2.37. The summed E-state index contributed by atoms with van der Waals surface area (Å²) in [4.78, 5) is 12.7. The Morgan fingerprint density at radius 1 is 1.55 bits per heavy atom. The first-order valence-corrected chi connectivity index (χ1v) is 7.72. The van der Waals surface area contributed by atoms with Crippen LogP contribution in [0.2, 0.25) is 0 Å². The summed E-state index contributed by atoms with van der Waals surface area (Å²) in [7, 11) is 0. The van der Waals surface area contributed by atoms with Gasteiger partial charge in [0.2, 0.25) is 0 Å². The molecule has 1 aromatic heterocycles. The average molecular weight is 277 g/mol. The number of aryl methyl sites for hydroxylation is 2. The van der Waals surface area contributed by atoms with E-state index in [2.05, 4.69) is 31.2 Å². The van der Waals surface area contributed by atoms with Crippen molar-refractivity contribution in [3.8, 4) is 0 Å². The number of piperidine rings is 1. The molecular weight excluding hydrogens is 250 g/mol. The van der Waals surface area contributed by atoms with Crippen molar-refractivity contribution in [3.05, 3.63) is 17.5 Å². The lowest BCUT2D eigenvalue weighted by Gasteiger charge is -2.36. The minimum absolute atomic E-state index is 0.260. The number of hydrogen-bond donors (Lipinski definition) is 1. The fraction of sp³-hybridized carbons (Fsp3) is 0.750. The fourth-order valence-corrected chi connectivity index (χ4v) is 3.10. The zero-order valence-electron chi connectivity index (χ0n) is 13.2. The monoisotopic (exact) mass is 277 g/mol. The van der Waals surface area contributed by atoms with Crippen LogP contribution in [0, 0.1) is 18.3 Å². The second-order valence-electron chi connectivity index (χ2n) is 6.46. The van der Waals surface area contributed by atoms with Gasteiger partial charge in [0.05, 0.1) is 5.69 Å². The summed E-state index contributed by atoms with van der Waals surface area (Å²) in [6.07, 6.45) is 2.82. The third-order valence-electron chi connectivity index (χ3n) is 4.66. The molecule has 1 atom stereocenters. The van der Waals surface area contributed by atoms with Crippen molar-refractivity contribution in [1.29, 1.82) is 0 Å². The van der Waals surface area contributed by atoms with Crippen molar-refractivity contribution in [3.63, 3.8) is 0 Å². The topological polar surface area (TPSA) is 46.9 Å². The summed E-state index contributed by atoms with van der Waals surface area (Å²) in [5, 5.41) is 7.85. The molecule has 1 unspecified atom stereocenters. The fourth-order valence-electron chi connectivity index (χ4n) is 3.10. The minimum atomic E-state index is -0.260. The molecule has 0 spiro atoms. The number of ketones is 1. The molecule has 1 aliphatic rings. The number of hydrogen-bond acceptors (Lipinski definition) is 3. The Kier molecular flexibility index (Phi) is 4.63. The third kappa shape index (κ3) is 3.11. The summed E-state index contributed by atoms with van der Waals surface area (Å²) in [6.45, 7) is 11.1. The first-order chi connectivity index (χ1) is 9.45. The van der Waals surface area contributed by atoms with Crippen LogP contribution in [0.3, 0.4) is 0 Å². The van der Waals surface area contributed by atoms with Crippen molar-refractivity contribution in [2.24, 2.45) is 11.3 Å². The summed E-state index contributed by atoms with van der Waals surface area (Å²) in [6, 6.07) is 2.04. The van der Waals surface area contributed by atoms with Gasteiger partial charge in [0.1, 0.15) is 5.78 Å². The van der Waals surface area contributed by atoms with E-state index < -0.39 is 0 Å². The van der Waals surface area contributed by atoms with E-state index in [1.165, 1.54) is 6.42 Å². The number of aromatic nitrogens is 2. The molecule has 0 radical (unpaired) electrons. The van der Waals surface area contributed by atoms with Crippen LogP contribution in [-0.4, -0.2) is 28.7 Å². The SMILES string of the molecule is CCn1nc(C)cc1CC(=O)C(C)(C)C1CCCNC1. The Hall–Kier alpha value is -1.16. The van der Waals surface area contributed by atoms with Crippen LogP contribution in [0.25, 0.3) is 0 Å². The van der Waals surface area contributed by atoms with Crippen molar-refractivity contribution >= 4 is 5.78 Å². The van der Waals surface area contributed by atoms with Crippen LogP contribution in [-0.2, 0) is 17.8 Å². The minimum Gasteiger partial charge on any atom is -0.316 e. The molecule has 4 heteroatoms. The predicted octanol–water partition coefficient (Wildman–Crippen LogP) is 2.35. The van der Waals surface area contributed by atoms with Gasteiger partial charge in [0.25, 0.3) is 0 Å². The number of rotatable bonds is 5. The van der Waals surface area contributed by atoms with E-state index in [1.54, 1.807) is 0 Å². The van der Waals surface area contributed by atoms with E-state index in [1.807, 2.05) is 17.7 Å². The maximum Gasteiger partial charge on any atom is 0.144 e. The van der Waals surface area contributed by atoms with E-state index >= 15 is 0 Å². The standard InChI is InChI=1S/C16H27N3O/c1-5-19-14(9-12(2)18-19)10-15(20)16(3,4)13-7-6-8-17-11-13/h9,13,17H,5-8,10-11H2,1-4H3. The van der Waals surface area contributed by atoms with Crippen LogP contribution < -0.4 is 5.32 Å². The molecule has 1 fully saturated rings. The number of carbonyl (C=O) groups is 1. The van der Waals surface area contributed by atoms with Crippen LogP contribution >= 0.6 is 0 Å². The highest BCUT2D eigenvalue weighted by atomic mass is 16.1. The van der Waals surface area contributed by atoms with Gasteiger partial charge >= 0.3 is 0 Å². The molecule has 1 saturated heterocycles. The van der Waals surface area contributed by atoms with Crippen LogP contribution in [0.4, 0.5) is 0 Å². The molecule has 1 aliphatic heterocycles. The summed E-state index contributed by atoms with van der Waals surface area (Å²) in [5.41, 5.74) is 1.78. The molecule has 2 rings (SSSR count). The molecule has 0 amide bonds. The number of nitrogens with one attached hydrogen (secondary N) is 1. The second-order valence-corrected chi connectivity index (χ2v) is 6.46. The van der Waals surface area contributed by atoms with Gasteiger partial charge in [-0.05, 0) is 51.8 Å². The van der Waals surface area contributed by atoms with E-state index in [0.717, 1.165) is 37.4 Å². The number of nitrogens with zero attached hydrogens (tertiary/aromatic N) is 2. The Labute approximate surface area is 121 Å². The Morgan fingerprint density at radius 3 is 2.90 bits per heavy atom. The lowest BCUT2D eigenvalue weighted by Crippen LogP contribution is -2.43. The first-order valence-electron chi connectivity index (χ1n) is 7.72. The van der Waals surface area contributed by atoms with Gasteiger partial charge in [-0.25, -0.2) is 0 Å². The normalized spacial score (nSPS) is 20.1. The van der Waals surface area contributed by atoms with Crippen molar-refractivity contribution < 1.29 is 4.79 Å². The summed E-state index contributed by atoms with van der Waals surface area (Å²) < 4.78 is 1.95. The molecule has 1 aromatic rings. The Bertz CT molecular complexity index is 470. The lowest BCUT2D eigenvalue weighted by molar-refractivity contribution is -0.129. The highest BCUT2D eigenvalue weighted by Crippen LogP contribution is 2.33. The molecule has 0 bridgehead atoms. The molecule has 0 saturated carbocycles. The molecule has 112 valence electrons. The van der Waals surface area contributed by atoms with Crippen LogP contribution in [0.15, 0.2) is 6.07 Å². The van der Waals surface area contributed by atoms with E-state index in [4.69, 9.17) is 0 Å². The summed E-state index contributed by atoms with van der Waals surface area (Å²) >= 11 is 0. The average Bonchev–Trinajstić information content (AvgIpc) is 2.79. The Balaban J connectivity index is 2.09. The lowest BCUT2D eigenvalue weighted by atomic mass is 9.71. The first kappa shape index (κ1) is 15.2. The van der Waals surface area contributed by atoms with E-state index in [-0.39, 0.29) is 5.41 Å². The quantitative estimate of drug-likeness (QED) is 0.898. The zero-order valence-corrected chi connectivity index (χ0v) is 13.2. The van der Waals surface area contributed by atoms with E-state index in [0.29, 0.717) is 18.1 Å². The van der Waals surface area contributed by atoms with Crippen LogP contribution in [0.5, 0.6) is 0 Å². The molecule has 4 nitrogen and oxygen atoms in total. The Morgan fingerprint density at radius 2 is 2.30 bits per heavy atom. The largest absolute Gasteiger partial charge is 0.316 e. The predicted molar refractivity (Wildman–Crippen MR) is 80.7 cm³/mol. The maximum absolute atomic E-state index is 12.7. The van der Waals surface area contributed by atoms with Crippen molar-refractivity contribution in [2.75, 3.05) is 13.1 Å². The van der Waals surface area contributed by atoms with E-state index in [9.17, 15) is 4.79 Å². The van der Waals surface area contributed by atoms with Gasteiger partial charge in [0, 0.05) is 24.1 Å². The maximum atomic E-state index is 12.7. The molecule has 0 aliphatic carbocycles. The van der Waals surface area contributed by atoms with Gasteiger partial charge in [-0.2, -0.15) is 5.10 Å². The van der Waals surface area contributed by atoms with Gasteiger partial charge in [-0.3, -0.25) is 9.48 Å². The van der Waals surface area contributed by atoms with Crippen molar-refractivity contribution in [2.45, 2.75) is 53.5 Å². The van der Waals surface area contributed by atoms with Crippen molar-refractivity contribution in [1.82, 2.24) is 15.1 Å². The molecule has 0 aromatic carbocycles. The molecule has 1 N–H and O–H groups in total. The zero-order chi connectivity index (χ0) is 14.8. The molecule has 2 heterocycles. The third-order valence-corrected chi connectivity index (χ3v) is 4.66. The summed E-state index contributed by atoms with van der Waals surface area (Å²) in [5.74, 6) is 0.781.